The van der Waals surface area contributed by atoms with Crippen molar-refractivity contribution in [2.24, 2.45) is 0 Å². The number of benzene rings is 3. The highest BCUT2D eigenvalue weighted by Crippen LogP contribution is 2.28. The van der Waals surface area contributed by atoms with E-state index in [2.05, 4.69) is 10.3 Å². The Hall–Kier alpha value is -4.32. The fraction of sp³-hybridized carbons (Fsp3) is 0.111. The fourth-order valence-corrected chi connectivity index (χ4v) is 3.27. The number of hydrogen-bond donors (Lipinski definition) is 1. The lowest BCUT2D eigenvalue weighted by Crippen LogP contribution is -2.20. The van der Waals surface area contributed by atoms with E-state index in [1.54, 1.807) is 25.7 Å². The number of nitrogens with zero attached hydrogens (tertiary/aromatic N) is 2. The van der Waals surface area contributed by atoms with Crippen molar-refractivity contribution in [2.75, 3.05) is 7.11 Å². The predicted molar refractivity (Wildman–Crippen MR) is 128 cm³/mol. The number of rotatable bonds is 9. The smallest absolute Gasteiger partial charge is 0.244 e. The van der Waals surface area contributed by atoms with Gasteiger partial charge >= 0.3 is 0 Å². The highest BCUT2D eigenvalue weighted by Gasteiger charge is 2.07. The Morgan fingerprint density at radius 1 is 1.00 bits per heavy atom. The van der Waals surface area contributed by atoms with Crippen LogP contribution in [0.5, 0.6) is 11.5 Å². The summed E-state index contributed by atoms with van der Waals surface area (Å²) in [5.74, 6) is 1.12. The number of imidazole rings is 1. The predicted octanol–water partition coefficient (Wildman–Crippen LogP) is 4.79. The summed E-state index contributed by atoms with van der Waals surface area (Å²) in [6.07, 6.45) is 8.68. The van der Waals surface area contributed by atoms with Crippen molar-refractivity contribution < 1.29 is 14.3 Å². The summed E-state index contributed by atoms with van der Waals surface area (Å²) in [6, 6.07) is 23.5. The minimum atomic E-state index is -0.169. The molecular weight excluding hydrogens is 414 g/mol. The Morgan fingerprint density at radius 2 is 1.82 bits per heavy atom. The van der Waals surface area contributed by atoms with E-state index >= 15 is 0 Å². The van der Waals surface area contributed by atoms with E-state index in [-0.39, 0.29) is 5.91 Å². The van der Waals surface area contributed by atoms with E-state index in [1.165, 1.54) is 6.08 Å². The lowest BCUT2D eigenvalue weighted by molar-refractivity contribution is -0.116. The van der Waals surface area contributed by atoms with E-state index in [0.717, 1.165) is 22.4 Å². The van der Waals surface area contributed by atoms with E-state index in [0.29, 0.717) is 24.7 Å². The van der Waals surface area contributed by atoms with Gasteiger partial charge in [0.05, 0.1) is 13.4 Å². The molecule has 1 aromatic heterocycles. The lowest BCUT2D eigenvalue weighted by Gasteiger charge is -2.12. The molecule has 1 heterocycles. The average Bonchev–Trinajstić information content (AvgIpc) is 3.41. The third-order valence-corrected chi connectivity index (χ3v) is 5.05. The van der Waals surface area contributed by atoms with Crippen LogP contribution in [0.3, 0.4) is 0 Å². The molecule has 0 aliphatic carbocycles. The zero-order chi connectivity index (χ0) is 22.9. The highest BCUT2D eigenvalue weighted by atomic mass is 16.5. The van der Waals surface area contributed by atoms with Crippen LogP contribution in [-0.2, 0) is 17.9 Å². The molecule has 0 aliphatic rings. The third kappa shape index (κ3) is 6.11. The molecule has 0 saturated heterocycles. The first-order valence-corrected chi connectivity index (χ1v) is 10.6. The summed E-state index contributed by atoms with van der Waals surface area (Å²) in [6.45, 7) is 0.847. The van der Waals surface area contributed by atoms with E-state index in [4.69, 9.17) is 9.47 Å². The molecule has 0 aliphatic heterocycles. The Morgan fingerprint density at radius 3 is 2.55 bits per heavy atom. The zero-order valence-corrected chi connectivity index (χ0v) is 18.3. The van der Waals surface area contributed by atoms with Gasteiger partial charge in [-0.1, -0.05) is 48.5 Å². The molecule has 0 bridgehead atoms. The van der Waals surface area contributed by atoms with Gasteiger partial charge < -0.3 is 19.4 Å². The molecule has 4 rings (SSSR count). The number of hydrogen-bond acceptors (Lipinski definition) is 4. The summed E-state index contributed by atoms with van der Waals surface area (Å²) >= 11 is 0. The zero-order valence-electron chi connectivity index (χ0n) is 18.3. The van der Waals surface area contributed by atoms with Crippen LogP contribution in [0.2, 0.25) is 0 Å². The van der Waals surface area contributed by atoms with Gasteiger partial charge in [-0.3, -0.25) is 4.79 Å². The molecule has 1 N–H and O–H groups in total. The number of ether oxygens (including phenoxy) is 2. The molecule has 0 spiro atoms. The molecule has 0 fully saturated rings. The second kappa shape index (κ2) is 10.8. The third-order valence-electron chi connectivity index (χ3n) is 5.05. The molecule has 0 unspecified atom stereocenters. The van der Waals surface area contributed by atoms with Gasteiger partial charge in [0.25, 0.3) is 0 Å². The monoisotopic (exact) mass is 439 g/mol. The van der Waals surface area contributed by atoms with Gasteiger partial charge in [-0.25, -0.2) is 4.98 Å². The minimum absolute atomic E-state index is 0.169. The van der Waals surface area contributed by atoms with Crippen molar-refractivity contribution in [3.8, 4) is 17.2 Å². The second-order valence-electron chi connectivity index (χ2n) is 7.37. The molecule has 166 valence electrons. The van der Waals surface area contributed by atoms with Crippen molar-refractivity contribution in [3.63, 3.8) is 0 Å². The van der Waals surface area contributed by atoms with Crippen molar-refractivity contribution in [1.82, 2.24) is 14.9 Å². The van der Waals surface area contributed by atoms with Gasteiger partial charge in [-0.2, -0.15) is 0 Å². The van der Waals surface area contributed by atoms with Crippen molar-refractivity contribution in [1.29, 1.82) is 0 Å². The van der Waals surface area contributed by atoms with Crippen LogP contribution in [0.25, 0.3) is 11.8 Å². The highest BCUT2D eigenvalue weighted by molar-refractivity contribution is 5.91. The largest absolute Gasteiger partial charge is 0.493 e. The quantitative estimate of drug-likeness (QED) is 0.381. The summed E-state index contributed by atoms with van der Waals surface area (Å²) in [5.41, 5.74) is 3.96. The SMILES string of the molecule is COc1cc(CNC(=O)C=Cc2ccc(-n3ccnc3)cc2)ccc1OCc1ccccc1. The van der Waals surface area contributed by atoms with Crippen LogP contribution >= 0.6 is 0 Å². The van der Waals surface area contributed by atoms with Crippen LogP contribution in [0, 0.1) is 0 Å². The molecule has 0 radical (unpaired) electrons. The standard InChI is InChI=1S/C27H25N3O3/c1-32-26-17-23(9-13-25(26)33-19-22-5-3-2-4-6-22)18-29-27(31)14-10-21-7-11-24(12-8-21)30-16-15-28-20-30/h2-17,20H,18-19H2,1H3,(H,29,31). The maximum absolute atomic E-state index is 12.3. The minimum Gasteiger partial charge on any atom is -0.493 e. The topological polar surface area (TPSA) is 65.4 Å². The number of carbonyl (C=O) groups is 1. The lowest BCUT2D eigenvalue weighted by atomic mass is 10.2. The Balaban J connectivity index is 1.30. The number of carbonyl (C=O) groups excluding carboxylic acids is 1. The maximum atomic E-state index is 12.3. The van der Waals surface area contributed by atoms with Crippen LogP contribution in [0.1, 0.15) is 16.7 Å². The molecule has 6 heteroatoms. The van der Waals surface area contributed by atoms with E-state index < -0.39 is 0 Å². The van der Waals surface area contributed by atoms with Gasteiger partial charge in [-0.05, 0) is 47.0 Å². The van der Waals surface area contributed by atoms with Gasteiger partial charge in [0.15, 0.2) is 11.5 Å². The Bertz CT molecular complexity index is 1200. The molecule has 3 aromatic carbocycles. The van der Waals surface area contributed by atoms with Crippen molar-refractivity contribution in [2.45, 2.75) is 13.2 Å². The first kappa shape index (κ1) is 21.9. The molecule has 0 atom stereocenters. The first-order valence-electron chi connectivity index (χ1n) is 10.6. The molecule has 0 saturated carbocycles. The van der Waals surface area contributed by atoms with Gasteiger partial charge in [0.2, 0.25) is 5.91 Å². The van der Waals surface area contributed by atoms with Crippen LogP contribution in [0.15, 0.2) is 97.6 Å². The number of aromatic nitrogens is 2. The first-order chi connectivity index (χ1) is 16.2. The van der Waals surface area contributed by atoms with Crippen LogP contribution in [0.4, 0.5) is 0 Å². The van der Waals surface area contributed by atoms with Gasteiger partial charge in [-0.15, -0.1) is 0 Å². The number of amides is 1. The molecule has 6 nitrogen and oxygen atoms in total. The van der Waals surface area contributed by atoms with Crippen LogP contribution < -0.4 is 14.8 Å². The van der Waals surface area contributed by atoms with Crippen molar-refractivity contribution >= 4 is 12.0 Å². The Kier molecular flexibility index (Phi) is 7.18. The summed E-state index contributed by atoms with van der Waals surface area (Å²) in [4.78, 5) is 16.3. The molecular formula is C27H25N3O3. The average molecular weight is 440 g/mol. The van der Waals surface area contributed by atoms with E-state index in [9.17, 15) is 4.79 Å². The summed E-state index contributed by atoms with van der Waals surface area (Å²) in [7, 11) is 1.61. The summed E-state index contributed by atoms with van der Waals surface area (Å²) in [5, 5.41) is 2.90. The van der Waals surface area contributed by atoms with E-state index in [1.807, 2.05) is 83.6 Å². The van der Waals surface area contributed by atoms with Gasteiger partial charge in [0.1, 0.15) is 6.61 Å². The Labute approximate surface area is 193 Å². The molecule has 1 amide bonds. The number of methoxy groups -OCH3 is 1. The maximum Gasteiger partial charge on any atom is 0.244 e. The normalized spacial score (nSPS) is 10.8. The van der Waals surface area contributed by atoms with Crippen molar-refractivity contribution in [3.05, 3.63) is 114 Å². The summed E-state index contributed by atoms with van der Waals surface area (Å²) < 4.78 is 13.3. The second-order valence-corrected chi connectivity index (χ2v) is 7.37. The number of nitrogens with one attached hydrogen (secondary N) is 1. The molecule has 33 heavy (non-hydrogen) atoms. The molecule has 4 aromatic rings. The van der Waals surface area contributed by atoms with Gasteiger partial charge in [0, 0.05) is 30.7 Å². The fourth-order valence-electron chi connectivity index (χ4n) is 3.27. The van der Waals surface area contributed by atoms with Crippen LogP contribution in [-0.4, -0.2) is 22.6 Å².